The number of aryl methyl sites for hydroxylation is 1. The predicted molar refractivity (Wildman–Crippen MR) is 142 cm³/mol. The molecule has 0 spiro atoms. The lowest BCUT2D eigenvalue weighted by Crippen LogP contribution is -2.31. The van der Waals surface area contributed by atoms with Crippen molar-refractivity contribution in [3.8, 4) is 22.6 Å². The van der Waals surface area contributed by atoms with Gasteiger partial charge in [-0.05, 0) is 72.8 Å². The number of halogens is 7. The summed E-state index contributed by atoms with van der Waals surface area (Å²) >= 11 is 1.46. The molecule has 4 N–H and O–H groups in total. The smallest absolute Gasteiger partial charge is 0.406 e. The van der Waals surface area contributed by atoms with Gasteiger partial charge in [0.25, 0.3) is 0 Å². The first-order chi connectivity index (χ1) is 19.2. The topological polar surface area (TPSA) is 82.3 Å². The van der Waals surface area contributed by atoms with Gasteiger partial charge in [-0.1, -0.05) is 12.1 Å². The fraction of sp³-hybridized carbons (Fsp3) is 0.148. The Morgan fingerprint density at radius 3 is 2.24 bits per heavy atom. The molecule has 1 aromatic heterocycles. The zero-order valence-electron chi connectivity index (χ0n) is 21.4. The average molecular weight is 598 g/mol. The van der Waals surface area contributed by atoms with Crippen LogP contribution in [0.25, 0.3) is 22.5 Å². The molecule has 4 aromatic rings. The number of hydrogen-bond donors (Lipinski definition) is 2. The second-order valence-corrected chi connectivity index (χ2v) is 9.47. The summed E-state index contributed by atoms with van der Waals surface area (Å²) in [5, 5.41) is 0.937. The molecule has 0 radical (unpaired) electrons. The molecule has 216 valence electrons. The maximum atomic E-state index is 15.9. The molecule has 0 aliphatic carbocycles. The zero-order valence-corrected chi connectivity index (χ0v) is 22.2. The second-order valence-electron chi connectivity index (χ2n) is 8.59. The molecule has 6 nitrogen and oxygen atoms in total. The van der Waals surface area contributed by atoms with E-state index in [4.69, 9.17) is 11.6 Å². The standard InChI is InChI=1S/C27H22F7N5OS/c1-15-37-24(26(29,30)31)14-38(15)25-21(28)11-18(17-4-3-5-20(10-17)41-2)12-22(25)39(36)23(13-35)16-6-8-19(9-7-16)40-27(32,33)34/h3-14H,35-36H2,1-2H3/b23-13-. The van der Waals surface area contributed by atoms with E-state index in [-0.39, 0.29) is 28.5 Å². The molecule has 0 aliphatic heterocycles. The van der Waals surface area contributed by atoms with E-state index >= 15 is 4.39 Å². The average Bonchev–Trinajstić information content (AvgIpc) is 3.30. The Morgan fingerprint density at radius 2 is 1.68 bits per heavy atom. The summed E-state index contributed by atoms with van der Waals surface area (Å²) in [7, 11) is 0. The third-order valence-electron chi connectivity index (χ3n) is 5.92. The van der Waals surface area contributed by atoms with Gasteiger partial charge in [-0.25, -0.2) is 15.2 Å². The van der Waals surface area contributed by atoms with E-state index in [1.165, 1.54) is 36.9 Å². The van der Waals surface area contributed by atoms with E-state index in [0.717, 1.165) is 38.9 Å². The number of imidazole rings is 1. The summed E-state index contributed by atoms with van der Waals surface area (Å²) in [6, 6.07) is 14.3. The largest absolute Gasteiger partial charge is 0.573 e. The number of aromatic nitrogens is 2. The van der Waals surface area contributed by atoms with Crippen LogP contribution in [0.2, 0.25) is 0 Å². The fourth-order valence-electron chi connectivity index (χ4n) is 4.08. The van der Waals surface area contributed by atoms with Crippen molar-refractivity contribution in [2.75, 3.05) is 11.3 Å². The molecule has 0 fully saturated rings. The first kappa shape index (κ1) is 29.8. The lowest BCUT2D eigenvalue weighted by Gasteiger charge is -2.26. The number of ether oxygens (including phenoxy) is 1. The monoisotopic (exact) mass is 597 g/mol. The highest BCUT2D eigenvalue weighted by atomic mass is 32.2. The van der Waals surface area contributed by atoms with E-state index in [1.807, 2.05) is 12.3 Å². The molecule has 0 saturated heterocycles. The van der Waals surface area contributed by atoms with Gasteiger partial charge >= 0.3 is 12.5 Å². The zero-order chi connectivity index (χ0) is 30.1. The summed E-state index contributed by atoms with van der Waals surface area (Å²) in [6.45, 7) is 1.27. The molecule has 41 heavy (non-hydrogen) atoms. The summed E-state index contributed by atoms with van der Waals surface area (Å²) < 4.78 is 98.8. The Bertz CT molecular complexity index is 1580. The van der Waals surface area contributed by atoms with Crippen molar-refractivity contribution in [2.24, 2.45) is 11.6 Å². The van der Waals surface area contributed by atoms with Gasteiger partial charge in [0.15, 0.2) is 5.69 Å². The van der Waals surface area contributed by atoms with Crippen LogP contribution in [0.3, 0.4) is 0 Å². The summed E-state index contributed by atoms with van der Waals surface area (Å²) in [6.07, 6.45) is -6.17. The number of thioether (sulfide) groups is 1. The van der Waals surface area contributed by atoms with Crippen LogP contribution in [0.1, 0.15) is 17.1 Å². The molecule has 0 unspecified atom stereocenters. The van der Waals surface area contributed by atoms with Gasteiger partial charge in [0.1, 0.15) is 23.1 Å². The molecule has 0 aliphatic rings. The fourth-order valence-corrected chi connectivity index (χ4v) is 4.54. The van der Waals surface area contributed by atoms with E-state index in [9.17, 15) is 26.3 Å². The number of hydrogen-bond acceptors (Lipinski definition) is 6. The minimum absolute atomic E-state index is 0.00744. The lowest BCUT2D eigenvalue weighted by atomic mass is 10.0. The van der Waals surface area contributed by atoms with Gasteiger partial charge in [0.05, 0.1) is 11.4 Å². The second kappa shape index (κ2) is 11.4. The number of nitrogens with two attached hydrogens (primary N) is 2. The Kier molecular flexibility index (Phi) is 8.27. The molecule has 0 saturated carbocycles. The molecule has 0 amide bonds. The van der Waals surface area contributed by atoms with Crippen molar-refractivity contribution >= 4 is 23.1 Å². The van der Waals surface area contributed by atoms with Crippen LogP contribution in [0.5, 0.6) is 5.75 Å². The van der Waals surface area contributed by atoms with Crippen LogP contribution >= 0.6 is 11.8 Å². The maximum absolute atomic E-state index is 15.9. The summed E-state index contributed by atoms with van der Waals surface area (Å²) in [4.78, 5) is 4.41. The molecule has 1 heterocycles. The first-order valence-corrected chi connectivity index (χ1v) is 12.9. The van der Waals surface area contributed by atoms with Crippen molar-refractivity contribution < 1.29 is 35.5 Å². The van der Waals surface area contributed by atoms with Gasteiger partial charge in [-0.2, -0.15) is 13.2 Å². The number of nitrogens with zero attached hydrogens (tertiary/aromatic N) is 3. The maximum Gasteiger partial charge on any atom is 0.573 e. The molecule has 0 atom stereocenters. The lowest BCUT2D eigenvalue weighted by molar-refractivity contribution is -0.274. The quantitative estimate of drug-likeness (QED) is 0.101. The van der Waals surface area contributed by atoms with E-state index in [0.29, 0.717) is 17.3 Å². The van der Waals surface area contributed by atoms with Gasteiger partial charge in [-0.15, -0.1) is 24.9 Å². The molecule has 4 rings (SSSR count). The highest BCUT2D eigenvalue weighted by molar-refractivity contribution is 7.98. The van der Waals surface area contributed by atoms with Crippen LogP contribution in [-0.4, -0.2) is 22.2 Å². The van der Waals surface area contributed by atoms with E-state index < -0.39 is 29.8 Å². The van der Waals surface area contributed by atoms with Crippen LogP contribution < -0.4 is 21.3 Å². The Hall–Kier alpha value is -4.17. The molecular weight excluding hydrogens is 575 g/mol. The summed E-state index contributed by atoms with van der Waals surface area (Å²) in [5.41, 5.74) is 5.31. The number of anilines is 1. The third-order valence-corrected chi connectivity index (χ3v) is 6.65. The molecule has 14 heteroatoms. The van der Waals surface area contributed by atoms with Crippen LogP contribution in [0.15, 0.2) is 78.0 Å². The van der Waals surface area contributed by atoms with E-state index in [1.54, 1.807) is 18.2 Å². The minimum Gasteiger partial charge on any atom is -0.406 e. The summed E-state index contributed by atoms with van der Waals surface area (Å²) in [5.74, 6) is 4.83. The highest BCUT2D eigenvalue weighted by Crippen LogP contribution is 2.38. The highest BCUT2D eigenvalue weighted by Gasteiger charge is 2.35. The van der Waals surface area contributed by atoms with Crippen molar-refractivity contribution in [1.29, 1.82) is 0 Å². The van der Waals surface area contributed by atoms with Crippen molar-refractivity contribution in [1.82, 2.24) is 9.55 Å². The van der Waals surface area contributed by atoms with E-state index in [2.05, 4.69) is 9.72 Å². The number of alkyl halides is 6. The molecule has 3 aromatic carbocycles. The first-order valence-electron chi connectivity index (χ1n) is 11.7. The third kappa shape index (κ3) is 6.60. The Labute approximate surface area is 234 Å². The van der Waals surface area contributed by atoms with Crippen molar-refractivity contribution in [3.05, 3.63) is 96.0 Å². The SMILES string of the molecule is CSc1cccc(-c2cc(F)c(-n3cc(C(F)(F)F)nc3C)c(N(N)/C(=C\N)c3ccc(OC(F)(F)F)cc3)c2)c1. The van der Waals surface area contributed by atoms with Crippen LogP contribution in [0.4, 0.5) is 36.4 Å². The minimum atomic E-state index is -4.91. The molecule has 0 bridgehead atoms. The van der Waals surface area contributed by atoms with Crippen LogP contribution in [0, 0.1) is 12.7 Å². The van der Waals surface area contributed by atoms with Gasteiger partial charge in [0, 0.05) is 22.9 Å². The van der Waals surface area contributed by atoms with Gasteiger partial charge in [-0.3, -0.25) is 9.58 Å². The Balaban J connectivity index is 1.89. The molecular formula is C27H22F7N5OS. The van der Waals surface area contributed by atoms with Gasteiger partial charge in [0.2, 0.25) is 0 Å². The Morgan fingerprint density at radius 1 is 1.00 bits per heavy atom. The van der Waals surface area contributed by atoms with Crippen molar-refractivity contribution in [2.45, 2.75) is 24.4 Å². The predicted octanol–water partition coefficient (Wildman–Crippen LogP) is 7.26. The van der Waals surface area contributed by atoms with Crippen LogP contribution in [-0.2, 0) is 6.18 Å². The van der Waals surface area contributed by atoms with Crippen molar-refractivity contribution in [3.63, 3.8) is 0 Å². The number of benzene rings is 3. The number of hydrazine groups is 1. The number of rotatable bonds is 7. The normalized spacial score (nSPS) is 12.5. The van der Waals surface area contributed by atoms with Gasteiger partial charge < -0.3 is 10.5 Å².